The third-order valence-corrected chi connectivity index (χ3v) is 3.79. The summed E-state index contributed by atoms with van der Waals surface area (Å²) in [6.45, 7) is 0. The number of carbonyl (C=O) groups excluding carboxylic acids is 1. The van der Waals surface area contributed by atoms with E-state index in [1.54, 1.807) is 54.7 Å². The number of ether oxygens (including phenoxy) is 1. The molecule has 0 spiro atoms. The van der Waals surface area contributed by atoms with E-state index in [0.717, 1.165) is 11.4 Å². The zero-order chi connectivity index (χ0) is 18.5. The van der Waals surface area contributed by atoms with E-state index in [0.29, 0.717) is 27.4 Å². The van der Waals surface area contributed by atoms with Gasteiger partial charge in [-0.3, -0.25) is 0 Å². The zero-order valence-electron chi connectivity index (χ0n) is 13.7. The van der Waals surface area contributed by atoms with Crippen LogP contribution in [0.4, 0.5) is 23.1 Å². The monoisotopic (exact) mass is 388 g/mol. The molecule has 0 aliphatic heterocycles. The molecule has 1 aromatic heterocycles. The van der Waals surface area contributed by atoms with Gasteiger partial charge in [-0.2, -0.15) is 4.98 Å². The minimum Gasteiger partial charge on any atom is -0.465 e. The number of nitrogens with zero attached hydrogens (tertiary/aromatic N) is 2. The summed E-state index contributed by atoms with van der Waals surface area (Å²) < 4.78 is 4.67. The molecule has 0 atom stereocenters. The second kappa shape index (κ2) is 8.03. The van der Waals surface area contributed by atoms with Crippen LogP contribution in [0.2, 0.25) is 10.0 Å². The van der Waals surface area contributed by atoms with Crippen molar-refractivity contribution in [3.8, 4) is 0 Å². The molecule has 2 aromatic carbocycles. The maximum absolute atomic E-state index is 11.5. The molecule has 0 bridgehead atoms. The van der Waals surface area contributed by atoms with E-state index in [2.05, 4.69) is 25.3 Å². The van der Waals surface area contributed by atoms with E-state index in [9.17, 15) is 4.79 Å². The molecule has 3 rings (SSSR count). The quantitative estimate of drug-likeness (QED) is 0.595. The number of hydrogen-bond acceptors (Lipinski definition) is 6. The first-order valence-corrected chi connectivity index (χ1v) is 8.30. The van der Waals surface area contributed by atoms with Gasteiger partial charge in [0.25, 0.3) is 0 Å². The maximum Gasteiger partial charge on any atom is 0.337 e. The van der Waals surface area contributed by atoms with Crippen LogP contribution in [0.3, 0.4) is 0 Å². The van der Waals surface area contributed by atoms with E-state index >= 15 is 0 Å². The average molecular weight is 389 g/mol. The summed E-state index contributed by atoms with van der Waals surface area (Å²) in [6.07, 6.45) is 1.62. The van der Waals surface area contributed by atoms with Crippen LogP contribution in [-0.4, -0.2) is 23.0 Å². The third kappa shape index (κ3) is 4.62. The highest BCUT2D eigenvalue weighted by Crippen LogP contribution is 2.25. The molecule has 0 amide bonds. The SMILES string of the molecule is COC(=O)c1ccc(Nc2nccc(Nc3cc(Cl)cc(Cl)c3)n2)cc1. The number of methoxy groups -OCH3 is 1. The molecule has 0 unspecified atom stereocenters. The van der Waals surface area contributed by atoms with Crippen LogP contribution in [0.25, 0.3) is 0 Å². The second-order valence-electron chi connectivity index (χ2n) is 5.24. The molecular weight excluding hydrogens is 375 g/mol. The summed E-state index contributed by atoms with van der Waals surface area (Å²) in [5, 5.41) is 7.24. The molecule has 6 nitrogen and oxygen atoms in total. The molecule has 2 N–H and O–H groups in total. The van der Waals surface area contributed by atoms with Crippen molar-refractivity contribution in [3.63, 3.8) is 0 Å². The first kappa shape index (κ1) is 18.0. The van der Waals surface area contributed by atoms with Crippen LogP contribution in [0.5, 0.6) is 0 Å². The van der Waals surface area contributed by atoms with Crippen molar-refractivity contribution < 1.29 is 9.53 Å². The Hall–Kier alpha value is -2.83. The number of esters is 1. The Morgan fingerprint density at radius 2 is 1.65 bits per heavy atom. The number of rotatable bonds is 5. The lowest BCUT2D eigenvalue weighted by Crippen LogP contribution is -2.02. The third-order valence-electron chi connectivity index (χ3n) is 3.35. The van der Waals surface area contributed by atoms with Gasteiger partial charge in [0.2, 0.25) is 5.95 Å². The van der Waals surface area contributed by atoms with Crippen molar-refractivity contribution >= 4 is 52.3 Å². The lowest BCUT2D eigenvalue weighted by molar-refractivity contribution is 0.0601. The first-order chi connectivity index (χ1) is 12.5. The largest absolute Gasteiger partial charge is 0.465 e. The van der Waals surface area contributed by atoms with Gasteiger partial charge in [-0.15, -0.1) is 0 Å². The van der Waals surface area contributed by atoms with Crippen molar-refractivity contribution in [2.45, 2.75) is 0 Å². The van der Waals surface area contributed by atoms with Crippen molar-refractivity contribution in [1.82, 2.24) is 9.97 Å². The molecule has 3 aromatic rings. The van der Waals surface area contributed by atoms with Gasteiger partial charge < -0.3 is 15.4 Å². The topological polar surface area (TPSA) is 76.1 Å². The van der Waals surface area contributed by atoms with Gasteiger partial charge in [0.05, 0.1) is 12.7 Å². The van der Waals surface area contributed by atoms with E-state index in [1.165, 1.54) is 7.11 Å². The lowest BCUT2D eigenvalue weighted by atomic mass is 10.2. The Kier molecular flexibility index (Phi) is 5.55. The highest BCUT2D eigenvalue weighted by molar-refractivity contribution is 6.35. The summed E-state index contributed by atoms with van der Waals surface area (Å²) in [7, 11) is 1.34. The van der Waals surface area contributed by atoms with Crippen molar-refractivity contribution in [2.24, 2.45) is 0 Å². The highest BCUT2D eigenvalue weighted by atomic mass is 35.5. The summed E-state index contributed by atoms with van der Waals surface area (Å²) in [5.41, 5.74) is 1.92. The van der Waals surface area contributed by atoms with Crippen molar-refractivity contribution in [3.05, 3.63) is 70.3 Å². The Labute approximate surface area is 160 Å². The molecule has 0 saturated carbocycles. The van der Waals surface area contributed by atoms with Gasteiger partial charge in [0.1, 0.15) is 5.82 Å². The van der Waals surface area contributed by atoms with E-state index in [-0.39, 0.29) is 5.97 Å². The number of aromatic nitrogens is 2. The van der Waals surface area contributed by atoms with Gasteiger partial charge in [0, 0.05) is 27.6 Å². The lowest BCUT2D eigenvalue weighted by Gasteiger charge is -2.09. The molecule has 0 aliphatic carbocycles. The normalized spacial score (nSPS) is 10.3. The Bertz CT molecular complexity index is 912. The summed E-state index contributed by atoms with van der Waals surface area (Å²) in [5.74, 6) is 0.583. The molecule has 1 heterocycles. The van der Waals surface area contributed by atoms with Crippen LogP contribution >= 0.6 is 23.2 Å². The Morgan fingerprint density at radius 1 is 0.962 bits per heavy atom. The second-order valence-corrected chi connectivity index (χ2v) is 6.12. The van der Waals surface area contributed by atoms with Crippen molar-refractivity contribution in [2.75, 3.05) is 17.7 Å². The van der Waals surface area contributed by atoms with Crippen LogP contribution < -0.4 is 10.6 Å². The first-order valence-electron chi connectivity index (χ1n) is 7.55. The fourth-order valence-electron chi connectivity index (χ4n) is 2.20. The molecule has 26 heavy (non-hydrogen) atoms. The molecule has 132 valence electrons. The van der Waals surface area contributed by atoms with Gasteiger partial charge in [-0.1, -0.05) is 23.2 Å². The van der Waals surface area contributed by atoms with Crippen LogP contribution in [0.1, 0.15) is 10.4 Å². The maximum atomic E-state index is 11.5. The van der Waals surface area contributed by atoms with Gasteiger partial charge in [0.15, 0.2) is 0 Å². The molecule has 0 radical (unpaired) electrons. The molecule has 0 fully saturated rings. The number of nitrogens with one attached hydrogen (secondary N) is 2. The van der Waals surface area contributed by atoms with Crippen molar-refractivity contribution in [1.29, 1.82) is 0 Å². The van der Waals surface area contributed by atoms with E-state index < -0.39 is 0 Å². The summed E-state index contributed by atoms with van der Waals surface area (Å²) in [4.78, 5) is 20.0. The summed E-state index contributed by atoms with van der Waals surface area (Å²) >= 11 is 12.0. The zero-order valence-corrected chi connectivity index (χ0v) is 15.2. The predicted molar refractivity (Wildman–Crippen MR) is 103 cm³/mol. The number of anilines is 4. The smallest absolute Gasteiger partial charge is 0.337 e. The molecular formula is C18H14Cl2N4O2. The Balaban J connectivity index is 1.74. The number of halogens is 2. The fraction of sp³-hybridized carbons (Fsp3) is 0.0556. The number of carbonyl (C=O) groups is 1. The minimum absolute atomic E-state index is 0.390. The molecule has 0 aliphatic rings. The Morgan fingerprint density at radius 3 is 2.31 bits per heavy atom. The minimum atomic E-state index is -0.390. The fourth-order valence-corrected chi connectivity index (χ4v) is 2.73. The predicted octanol–water partition coefficient (Wildman–Crippen LogP) is 5.06. The molecule has 0 saturated heterocycles. The van der Waals surface area contributed by atoms with E-state index in [1.807, 2.05) is 0 Å². The van der Waals surface area contributed by atoms with Gasteiger partial charge >= 0.3 is 5.97 Å². The highest BCUT2D eigenvalue weighted by Gasteiger charge is 2.06. The summed E-state index contributed by atoms with van der Waals surface area (Å²) in [6, 6.07) is 13.7. The van der Waals surface area contributed by atoms with Crippen LogP contribution in [-0.2, 0) is 4.74 Å². The standard InChI is InChI=1S/C18H14Cl2N4O2/c1-26-17(25)11-2-4-14(5-3-11)23-18-21-7-6-16(24-18)22-15-9-12(19)8-13(20)10-15/h2-10H,1H3,(H2,21,22,23,24). The van der Waals surface area contributed by atoms with Gasteiger partial charge in [-0.25, -0.2) is 9.78 Å². The number of benzene rings is 2. The van der Waals surface area contributed by atoms with Crippen LogP contribution in [0.15, 0.2) is 54.7 Å². The van der Waals surface area contributed by atoms with E-state index in [4.69, 9.17) is 23.2 Å². The number of hydrogen-bond donors (Lipinski definition) is 2. The molecule has 8 heteroatoms. The van der Waals surface area contributed by atoms with Gasteiger partial charge in [-0.05, 0) is 48.5 Å². The average Bonchev–Trinajstić information content (AvgIpc) is 2.61. The van der Waals surface area contributed by atoms with Crippen LogP contribution in [0, 0.1) is 0 Å².